The van der Waals surface area contributed by atoms with E-state index < -0.39 is 0 Å². The summed E-state index contributed by atoms with van der Waals surface area (Å²) in [4.78, 5) is 21.1. The van der Waals surface area contributed by atoms with Gasteiger partial charge >= 0.3 is 0 Å². The summed E-state index contributed by atoms with van der Waals surface area (Å²) in [5, 5.41) is 3.89. The molecule has 2 heterocycles. The van der Waals surface area contributed by atoms with Gasteiger partial charge in [-0.05, 0) is 25.5 Å². The molecular weight excluding hydrogens is 246 g/mol. The fourth-order valence-corrected chi connectivity index (χ4v) is 2.58. The summed E-state index contributed by atoms with van der Waals surface area (Å²) < 4.78 is 0. The van der Waals surface area contributed by atoms with Crippen LogP contribution in [0.25, 0.3) is 0 Å². The lowest BCUT2D eigenvalue weighted by Crippen LogP contribution is -2.24. The number of amides is 1. The number of nitrogens with one attached hydrogen (secondary N) is 1. The van der Waals surface area contributed by atoms with E-state index in [1.54, 1.807) is 23.7 Å². The van der Waals surface area contributed by atoms with E-state index in [9.17, 15) is 4.79 Å². The predicted octanol–water partition coefficient (Wildman–Crippen LogP) is 2.01. The molecule has 0 aromatic carbocycles. The van der Waals surface area contributed by atoms with Crippen molar-refractivity contribution in [3.8, 4) is 0 Å². The number of rotatable bonds is 4. The van der Waals surface area contributed by atoms with Crippen molar-refractivity contribution in [3.05, 3.63) is 45.7 Å². The van der Waals surface area contributed by atoms with Gasteiger partial charge in [0, 0.05) is 23.8 Å². The fraction of sp³-hybridized carbons (Fsp3) is 0.308. The number of hydrogen-bond acceptors (Lipinski definition) is 4. The number of aryl methyl sites for hydroxylation is 2. The van der Waals surface area contributed by atoms with Gasteiger partial charge in [0.05, 0.1) is 17.1 Å². The Morgan fingerprint density at radius 1 is 1.44 bits per heavy atom. The maximum atomic E-state index is 11.8. The number of pyridine rings is 1. The van der Waals surface area contributed by atoms with Crippen molar-refractivity contribution in [2.45, 2.75) is 26.8 Å². The summed E-state index contributed by atoms with van der Waals surface area (Å²) in [6.07, 6.45) is 3.87. The highest BCUT2D eigenvalue weighted by atomic mass is 32.1. The summed E-state index contributed by atoms with van der Waals surface area (Å²) in [5.41, 5.74) is 1.96. The highest BCUT2D eigenvalue weighted by molar-refractivity contribution is 7.11. The van der Waals surface area contributed by atoms with Crippen molar-refractivity contribution in [3.63, 3.8) is 0 Å². The predicted molar refractivity (Wildman–Crippen MR) is 71.4 cm³/mol. The van der Waals surface area contributed by atoms with Gasteiger partial charge in [0.15, 0.2) is 0 Å². The zero-order chi connectivity index (χ0) is 13.0. The highest BCUT2D eigenvalue weighted by Gasteiger charge is 2.09. The van der Waals surface area contributed by atoms with Crippen molar-refractivity contribution < 1.29 is 4.79 Å². The van der Waals surface area contributed by atoms with Crippen LogP contribution in [0.2, 0.25) is 0 Å². The molecular formula is C13H15N3OS. The van der Waals surface area contributed by atoms with E-state index in [4.69, 9.17) is 0 Å². The molecule has 0 atom stereocenters. The van der Waals surface area contributed by atoms with Crippen LogP contribution in [0.1, 0.15) is 21.1 Å². The van der Waals surface area contributed by atoms with Gasteiger partial charge in [0.1, 0.15) is 0 Å². The van der Waals surface area contributed by atoms with Crippen LogP contribution in [0.4, 0.5) is 0 Å². The molecule has 0 spiro atoms. The Morgan fingerprint density at radius 2 is 2.28 bits per heavy atom. The molecule has 0 unspecified atom stereocenters. The molecule has 0 radical (unpaired) electrons. The number of aromatic nitrogens is 2. The molecule has 0 saturated heterocycles. The summed E-state index contributed by atoms with van der Waals surface area (Å²) in [6, 6.07) is 3.80. The maximum Gasteiger partial charge on any atom is 0.225 e. The molecule has 4 nitrogen and oxygen atoms in total. The van der Waals surface area contributed by atoms with Gasteiger partial charge in [-0.3, -0.25) is 9.78 Å². The van der Waals surface area contributed by atoms with Crippen LogP contribution in [-0.2, 0) is 17.8 Å². The molecule has 0 aliphatic heterocycles. The van der Waals surface area contributed by atoms with Crippen molar-refractivity contribution in [1.29, 1.82) is 0 Å². The van der Waals surface area contributed by atoms with Crippen molar-refractivity contribution in [2.24, 2.45) is 0 Å². The Balaban J connectivity index is 1.88. The smallest absolute Gasteiger partial charge is 0.225 e. The number of carbonyl (C=O) groups is 1. The summed E-state index contributed by atoms with van der Waals surface area (Å²) in [5.74, 6) is 0.0191. The molecule has 0 aliphatic rings. The van der Waals surface area contributed by atoms with Gasteiger partial charge in [-0.2, -0.15) is 0 Å². The van der Waals surface area contributed by atoms with Crippen LogP contribution in [0.15, 0.2) is 24.5 Å². The third-order valence-electron chi connectivity index (χ3n) is 2.53. The third kappa shape index (κ3) is 3.37. The van der Waals surface area contributed by atoms with Gasteiger partial charge in [-0.15, -0.1) is 11.3 Å². The zero-order valence-electron chi connectivity index (χ0n) is 10.4. The fourth-order valence-electron chi connectivity index (χ4n) is 1.65. The molecule has 1 N–H and O–H groups in total. The van der Waals surface area contributed by atoms with Crippen LogP contribution in [0.5, 0.6) is 0 Å². The number of thiazole rings is 1. The molecule has 2 aromatic heterocycles. The van der Waals surface area contributed by atoms with E-state index in [-0.39, 0.29) is 5.91 Å². The van der Waals surface area contributed by atoms with Gasteiger partial charge in [-0.1, -0.05) is 6.07 Å². The number of nitrogens with zero attached hydrogens (tertiary/aromatic N) is 2. The second-order valence-electron chi connectivity index (χ2n) is 4.06. The monoisotopic (exact) mass is 261 g/mol. The molecule has 18 heavy (non-hydrogen) atoms. The minimum absolute atomic E-state index is 0.0191. The first-order valence-electron chi connectivity index (χ1n) is 5.73. The van der Waals surface area contributed by atoms with E-state index in [0.29, 0.717) is 13.0 Å². The normalized spacial score (nSPS) is 10.3. The van der Waals surface area contributed by atoms with Gasteiger partial charge < -0.3 is 5.32 Å². The molecule has 94 valence electrons. The molecule has 1 amide bonds. The van der Waals surface area contributed by atoms with Gasteiger partial charge in [0.25, 0.3) is 0 Å². The average molecular weight is 261 g/mol. The molecule has 5 heteroatoms. The van der Waals surface area contributed by atoms with Crippen LogP contribution in [0, 0.1) is 13.8 Å². The first-order chi connectivity index (χ1) is 8.65. The number of hydrogen-bond donors (Lipinski definition) is 1. The minimum Gasteiger partial charge on any atom is -0.352 e. The third-order valence-corrected chi connectivity index (χ3v) is 3.61. The second-order valence-corrected chi connectivity index (χ2v) is 5.34. The summed E-state index contributed by atoms with van der Waals surface area (Å²) in [6.45, 7) is 4.41. The Bertz CT molecular complexity index is 536. The van der Waals surface area contributed by atoms with E-state index in [1.807, 2.05) is 26.0 Å². The lowest BCUT2D eigenvalue weighted by atomic mass is 10.2. The Hall–Kier alpha value is -1.75. The number of carbonyl (C=O) groups excluding carboxylic acids is 1. The Labute approximate surface area is 110 Å². The van der Waals surface area contributed by atoms with E-state index in [2.05, 4.69) is 15.3 Å². The van der Waals surface area contributed by atoms with Crippen LogP contribution < -0.4 is 5.32 Å². The van der Waals surface area contributed by atoms with Crippen LogP contribution in [0.3, 0.4) is 0 Å². The minimum atomic E-state index is 0.0191. The first kappa shape index (κ1) is 12.7. The lowest BCUT2D eigenvalue weighted by molar-refractivity contribution is -0.120. The van der Waals surface area contributed by atoms with E-state index in [1.165, 1.54) is 0 Å². The van der Waals surface area contributed by atoms with Crippen molar-refractivity contribution in [2.75, 3.05) is 0 Å². The molecule has 0 aliphatic carbocycles. The Morgan fingerprint density at radius 3 is 2.89 bits per heavy atom. The zero-order valence-corrected chi connectivity index (χ0v) is 11.3. The van der Waals surface area contributed by atoms with Gasteiger partial charge in [0.2, 0.25) is 5.91 Å². The maximum absolute atomic E-state index is 11.8. The van der Waals surface area contributed by atoms with E-state index >= 15 is 0 Å². The first-order valence-corrected chi connectivity index (χ1v) is 6.55. The highest BCUT2D eigenvalue weighted by Crippen LogP contribution is 2.17. The van der Waals surface area contributed by atoms with Crippen LogP contribution in [-0.4, -0.2) is 15.9 Å². The van der Waals surface area contributed by atoms with Crippen LogP contribution >= 0.6 is 11.3 Å². The van der Waals surface area contributed by atoms with E-state index in [0.717, 1.165) is 21.1 Å². The van der Waals surface area contributed by atoms with Crippen molar-refractivity contribution in [1.82, 2.24) is 15.3 Å². The molecule has 0 saturated carbocycles. The summed E-state index contributed by atoms with van der Waals surface area (Å²) >= 11 is 1.58. The quantitative estimate of drug-likeness (QED) is 0.916. The largest absolute Gasteiger partial charge is 0.352 e. The molecule has 2 aromatic rings. The molecule has 0 fully saturated rings. The lowest BCUT2D eigenvalue weighted by Gasteiger charge is -2.04. The van der Waals surface area contributed by atoms with Crippen molar-refractivity contribution >= 4 is 17.2 Å². The second kappa shape index (κ2) is 5.73. The average Bonchev–Trinajstić information content (AvgIpc) is 2.67. The van der Waals surface area contributed by atoms with Gasteiger partial charge in [-0.25, -0.2) is 4.98 Å². The molecule has 0 bridgehead atoms. The standard InChI is InChI=1S/C13H15N3OS/c1-9-12(18-10(2)16-9)6-13(17)15-8-11-4-3-5-14-7-11/h3-5,7H,6,8H2,1-2H3,(H,15,17). The Kier molecular flexibility index (Phi) is 4.04. The topological polar surface area (TPSA) is 54.9 Å². The molecule has 2 rings (SSSR count). The SMILES string of the molecule is Cc1nc(C)c(CC(=O)NCc2cccnc2)s1. The summed E-state index contributed by atoms with van der Waals surface area (Å²) in [7, 11) is 0.